The Balaban J connectivity index is 1.71. The molecule has 122 valence electrons. The minimum absolute atomic E-state index is 0.00238. The van der Waals surface area contributed by atoms with E-state index in [2.05, 4.69) is 10.4 Å². The molecule has 7 nitrogen and oxygen atoms in total. The molecule has 1 heterocycles. The van der Waals surface area contributed by atoms with Gasteiger partial charge in [-0.15, -0.1) is 0 Å². The molecule has 1 aliphatic carbocycles. The third-order valence-electron chi connectivity index (χ3n) is 4.26. The summed E-state index contributed by atoms with van der Waals surface area (Å²) in [6.07, 6.45) is 6.80. The zero-order chi connectivity index (χ0) is 16.2. The molecule has 2 aromatic rings. The molecule has 0 unspecified atom stereocenters. The standard InChI is InChI=1S/C16H20N4O3/c21-11-12-5-6-16(20(22)23)15(9-12)17-10-13-7-8-19(18-13)14-3-1-2-4-14/h5-9,14,17,21H,1-4,10-11H2. The third kappa shape index (κ3) is 3.50. The monoisotopic (exact) mass is 316 g/mol. The molecule has 0 aliphatic heterocycles. The number of nitrogens with one attached hydrogen (secondary N) is 1. The molecule has 0 saturated heterocycles. The van der Waals surface area contributed by atoms with E-state index < -0.39 is 4.92 Å². The number of rotatable bonds is 6. The van der Waals surface area contributed by atoms with Gasteiger partial charge in [0.15, 0.2) is 0 Å². The number of nitro benzene ring substituents is 1. The first-order valence-corrected chi connectivity index (χ1v) is 7.83. The van der Waals surface area contributed by atoms with Gasteiger partial charge in [-0.05, 0) is 36.6 Å². The van der Waals surface area contributed by atoms with Crippen LogP contribution in [0.25, 0.3) is 0 Å². The SMILES string of the molecule is O=[N+]([O-])c1ccc(CO)cc1NCc1ccn(C2CCCC2)n1. The van der Waals surface area contributed by atoms with E-state index >= 15 is 0 Å². The van der Waals surface area contributed by atoms with E-state index in [-0.39, 0.29) is 12.3 Å². The lowest BCUT2D eigenvalue weighted by molar-refractivity contribution is -0.384. The highest BCUT2D eigenvalue weighted by atomic mass is 16.6. The molecule has 0 amide bonds. The zero-order valence-electron chi connectivity index (χ0n) is 12.8. The summed E-state index contributed by atoms with van der Waals surface area (Å²) in [5.74, 6) is 0. The van der Waals surface area contributed by atoms with Gasteiger partial charge in [0.25, 0.3) is 5.69 Å². The topological polar surface area (TPSA) is 93.2 Å². The summed E-state index contributed by atoms with van der Waals surface area (Å²) >= 11 is 0. The average molecular weight is 316 g/mol. The number of nitro groups is 1. The maximum absolute atomic E-state index is 11.1. The zero-order valence-corrected chi connectivity index (χ0v) is 12.8. The van der Waals surface area contributed by atoms with E-state index in [1.54, 1.807) is 12.1 Å². The van der Waals surface area contributed by atoms with Crippen molar-refractivity contribution in [1.82, 2.24) is 9.78 Å². The summed E-state index contributed by atoms with van der Waals surface area (Å²) in [5.41, 5.74) is 1.88. The molecule has 1 aliphatic rings. The van der Waals surface area contributed by atoms with Gasteiger partial charge in [-0.1, -0.05) is 12.8 Å². The molecule has 1 aromatic carbocycles. The molecule has 3 rings (SSSR count). The number of aliphatic hydroxyl groups is 1. The van der Waals surface area contributed by atoms with E-state index in [0.717, 1.165) is 5.69 Å². The van der Waals surface area contributed by atoms with Crippen molar-refractivity contribution in [2.45, 2.75) is 44.9 Å². The highest BCUT2D eigenvalue weighted by Crippen LogP contribution is 2.29. The molecule has 7 heteroatoms. The van der Waals surface area contributed by atoms with Crippen molar-refractivity contribution in [3.05, 3.63) is 51.8 Å². The van der Waals surface area contributed by atoms with Crippen molar-refractivity contribution < 1.29 is 10.0 Å². The van der Waals surface area contributed by atoms with E-state index in [4.69, 9.17) is 0 Å². The van der Waals surface area contributed by atoms with Gasteiger partial charge in [0.1, 0.15) is 5.69 Å². The number of hydrogen-bond donors (Lipinski definition) is 2. The normalized spacial score (nSPS) is 15.0. The van der Waals surface area contributed by atoms with Crippen molar-refractivity contribution in [3.63, 3.8) is 0 Å². The minimum Gasteiger partial charge on any atom is -0.392 e. The average Bonchev–Trinajstić information content (AvgIpc) is 3.23. The number of aliphatic hydroxyl groups excluding tert-OH is 1. The maximum Gasteiger partial charge on any atom is 0.292 e. The van der Waals surface area contributed by atoms with Gasteiger partial charge in [-0.3, -0.25) is 14.8 Å². The second-order valence-corrected chi connectivity index (χ2v) is 5.85. The van der Waals surface area contributed by atoms with Crippen LogP contribution in [0, 0.1) is 10.1 Å². The molecule has 23 heavy (non-hydrogen) atoms. The van der Waals surface area contributed by atoms with Gasteiger partial charge in [-0.2, -0.15) is 5.10 Å². The van der Waals surface area contributed by atoms with Crippen LogP contribution in [-0.2, 0) is 13.2 Å². The van der Waals surface area contributed by atoms with Crippen LogP contribution in [-0.4, -0.2) is 19.8 Å². The largest absolute Gasteiger partial charge is 0.392 e. The quantitative estimate of drug-likeness (QED) is 0.631. The maximum atomic E-state index is 11.1. The van der Waals surface area contributed by atoms with Gasteiger partial charge in [0, 0.05) is 12.3 Å². The molecule has 0 spiro atoms. The molecule has 1 saturated carbocycles. The van der Waals surface area contributed by atoms with Crippen molar-refractivity contribution in [2.24, 2.45) is 0 Å². The first-order chi connectivity index (χ1) is 11.2. The molecule has 0 bridgehead atoms. The minimum atomic E-state index is -0.430. The lowest BCUT2D eigenvalue weighted by Crippen LogP contribution is -2.08. The van der Waals surface area contributed by atoms with E-state index in [1.165, 1.54) is 31.7 Å². The molecule has 1 fully saturated rings. The van der Waals surface area contributed by atoms with Gasteiger partial charge >= 0.3 is 0 Å². The van der Waals surface area contributed by atoms with Gasteiger partial charge in [0.05, 0.1) is 29.8 Å². The van der Waals surface area contributed by atoms with Crippen LogP contribution in [0.2, 0.25) is 0 Å². The fourth-order valence-electron chi connectivity index (χ4n) is 3.01. The van der Waals surface area contributed by atoms with Crippen LogP contribution in [0.4, 0.5) is 11.4 Å². The van der Waals surface area contributed by atoms with Crippen LogP contribution in [0.5, 0.6) is 0 Å². The van der Waals surface area contributed by atoms with Crippen LogP contribution in [0.15, 0.2) is 30.5 Å². The fourth-order valence-corrected chi connectivity index (χ4v) is 3.01. The molecule has 1 aromatic heterocycles. The van der Waals surface area contributed by atoms with Crippen molar-refractivity contribution >= 4 is 11.4 Å². The summed E-state index contributed by atoms with van der Waals surface area (Å²) in [4.78, 5) is 10.7. The van der Waals surface area contributed by atoms with E-state index in [9.17, 15) is 15.2 Å². The van der Waals surface area contributed by atoms with Crippen LogP contribution in [0.1, 0.15) is 43.0 Å². The predicted molar refractivity (Wildman–Crippen MR) is 86.1 cm³/mol. The third-order valence-corrected chi connectivity index (χ3v) is 4.26. The molecular formula is C16H20N4O3. The second-order valence-electron chi connectivity index (χ2n) is 5.85. The summed E-state index contributed by atoms with van der Waals surface area (Å²) in [5, 5.41) is 27.9. The smallest absolute Gasteiger partial charge is 0.292 e. The summed E-state index contributed by atoms with van der Waals surface area (Å²) in [6, 6.07) is 6.98. The lowest BCUT2D eigenvalue weighted by atomic mass is 10.2. The Hall–Kier alpha value is -2.41. The molecule has 0 radical (unpaired) electrons. The number of hydrogen-bond acceptors (Lipinski definition) is 5. The molecule has 2 N–H and O–H groups in total. The van der Waals surface area contributed by atoms with E-state index in [0.29, 0.717) is 23.8 Å². The predicted octanol–water partition coefficient (Wildman–Crippen LogP) is 3.01. The second kappa shape index (κ2) is 6.78. The molecular weight excluding hydrogens is 296 g/mol. The Kier molecular flexibility index (Phi) is 4.57. The first-order valence-electron chi connectivity index (χ1n) is 7.83. The Bertz CT molecular complexity index is 692. The summed E-state index contributed by atoms with van der Waals surface area (Å²) in [6.45, 7) is 0.262. The van der Waals surface area contributed by atoms with Gasteiger partial charge in [0.2, 0.25) is 0 Å². The Labute approximate surface area is 134 Å². The highest BCUT2D eigenvalue weighted by Gasteiger charge is 2.18. The Morgan fingerprint density at radius 1 is 1.35 bits per heavy atom. The summed E-state index contributed by atoms with van der Waals surface area (Å²) in [7, 11) is 0. The number of anilines is 1. The van der Waals surface area contributed by atoms with Crippen molar-refractivity contribution in [1.29, 1.82) is 0 Å². The van der Waals surface area contributed by atoms with Crippen molar-refractivity contribution in [2.75, 3.05) is 5.32 Å². The van der Waals surface area contributed by atoms with Crippen LogP contribution in [0.3, 0.4) is 0 Å². The van der Waals surface area contributed by atoms with Gasteiger partial charge in [-0.25, -0.2) is 0 Å². The lowest BCUT2D eigenvalue weighted by Gasteiger charge is -2.09. The molecule has 0 atom stereocenters. The number of aromatic nitrogens is 2. The Morgan fingerprint density at radius 3 is 2.83 bits per heavy atom. The van der Waals surface area contributed by atoms with Gasteiger partial charge < -0.3 is 10.4 Å². The highest BCUT2D eigenvalue weighted by molar-refractivity contribution is 5.62. The Morgan fingerprint density at radius 2 is 2.13 bits per heavy atom. The van der Waals surface area contributed by atoms with E-state index in [1.807, 2.05) is 16.9 Å². The fraction of sp³-hybridized carbons (Fsp3) is 0.438. The number of nitrogens with zero attached hydrogens (tertiary/aromatic N) is 3. The van der Waals surface area contributed by atoms with Crippen LogP contribution < -0.4 is 5.32 Å². The van der Waals surface area contributed by atoms with Crippen molar-refractivity contribution in [3.8, 4) is 0 Å². The first kappa shape index (κ1) is 15.5. The summed E-state index contributed by atoms with van der Waals surface area (Å²) < 4.78 is 2.00. The number of benzene rings is 1. The van der Waals surface area contributed by atoms with Crippen LogP contribution >= 0.6 is 0 Å².